The Morgan fingerprint density at radius 2 is 2.09 bits per heavy atom. The highest BCUT2D eigenvalue weighted by molar-refractivity contribution is 6.30. The standard InChI is InChI=1S/C18H25ClN2O2/c19-15-6-3-5-14(11-15)18(8-1-2-9-18)20-12-16(22)13-21-10-4-7-17(21)23/h3,5-6,11,16,20,22H,1-2,4,7-10,12-13H2/t16-/m1/s1. The van der Waals surface area contributed by atoms with Crippen LogP contribution in [0.2, 0.25) is 5.02 Å². The molecule has 1 aromatic carbocycles. The summed E-state index contributed by atoms with van der Waals surface area (Å²) in [6.07, 6.45) is 5.47. The summed E-state index contributed by atoms with van der Waals surface area (Å²) in [5, 5.41) is 14.7. The zero-order chi connectivity index (χ0) is 16.3. The van der Waals surface area contributed by atoms with E-state index in [4.69, 9.17) is 11.6 Å². The van der Waals surface area contributed by atoms with Crippen LogP contribution in [-0.2, 0) is 10.3 Å². The first-order valence-corrected chi connectivity index (χ1v) is 8.94. The Morgan fingerprint density at radius 1 is 1.30 bits per heavy atom. The van der Waals surface area contributed by atoms with Crippen molar-refractivity contribution in [1.82, 2.24) is 10.2 Å². The molecular weight excluding hydrogens is 312 g/mol. The molecule has 1 amide bonds. The van der Waals surface area contributed by atoms with Crippen molar-refractivity contribution >= 4 is 17.5 Å². The van der Waals surface area contributed by atoms with Crippen molar-refractivity contribution in [2.24, 2.45) is 0 Å². The second-order valence-corrected chi connectivity index (χ2v) is 7.21. The van der Waals surface area contributed by atoms with Gasteiger partial charge in [0.2, 0.25) is 5.91 Å². The third kappa shape index (κ3) is 3.87. The van der Waals surface area contributed by atoms with Crippen molar-refractivity contribution in [2.75, 3.05) is 19.6 Å². The average molecular weight is 337 g/mol. The van der Waals surface area contributed by atoms with Gasteiger partial charge in [0.25, 0.3) is 0 Å². The highest BCUT2D eigenvalue weighted by Gasteiger charge is 2.36. The molecule has 1 atom stereocenters. The van der Waals surface area contributed by atoms with Gasteiger partial charge >= 0.3 is 0 Å². The minimum Gasteiger partial charge on any atom is -0.390 e. The van der Waals surface area contributed by atoms with E-state index in [1.165, 1.54) is 18.4 Å². The number of aliphatic hydroxyl groups excluding tert-OH is 1. The van der Waals surface area contributed by atoms with Crippen molar-refractivity contribution in [3.63, 3.8) is 0 Å². The largest absolute Gasteiger partial charge is 0.390 e. The average Bonchev–Trinajstić information content (AvgIpc) is 3.16. The highest BCUT2D eigenvalue weighted by Crippen LogP contribution is 2.39. The molecule has 126 valence electrons. The van der Waals surface area contributed by atoms with Crippen molar-refractivity contribution in [1.29, 1.82) is 0 Å². The molecule has 1 saturated carbocycles. The van der Waals surface area contributed by atoms with Crippen molar-refractivity contribution in [3.8, 4) is 0 Å². The number of nitrogens with one attached hydrogen (secondary N) is 1. The summed E-state index contributed by atoms with van der Waals surface area (Å²) in [6.45, 7) is 1.70. The van der Waals surface area contributed by atoms with Gasteiger partial charge in [-0.25, -0.2) is 0 Å². The summed E-state index contributed by atoms with van der Waals surface area (Å²) < 4.78 is 0. The van der Waals surface area contributed by atoms with Gasteiger partial charge in [0.1, 0.15) is 0 Å². The summed E-state index contributed by atoms with van der Waals surface area (Å²) in [7, 11) is 0. The van der Waals surface area contributed by atoms with Crippen molar-refractivity contribution in [2.45, 2.75) is 50.2 Å². The van der Waals surface area contributed by atoms with E-state index in [2.05, 4.69) is 11.4 Å². The molecular formula is C18H25ClN2O2. The number of hydrogen-bond donors (Lipinski definition) is 2. The smallest absolute Gasteiger partial charge is 0.222 e. The van der Waals surface area contributed by atoms with Gasteiger partial charge in [-0.1, -0.05) is 36.6 Å². The van der Waals surface area contributed by atoms with Gasteiger partial charge < -0.3 is 15.3 Å². The zero-order valence-corrected chi connectivity index (χ0v) is 14.2. The minimum atomic E-state index is -0.534. The monoisotopic (exact) mass is 336 g/mol. The Morgan fingerprint density at radius 3 is 2.74 bits per heavy atom. The molecule has 2 fully saturated rings. The molecule has 23 heavy (non-hydrogen) atoms. The van der Waals surface area contributed by atoms with E-state index in [1.807, 2.05) is 18.2 Å². The molecule has 1 aromatic rings. The first-order chi connectivity index (χ1) is 11.1. The third-order valence-electron chi connectivity index (χ3n) is 5.11. The predicted octanol–water partition coefficient (Wildman–Crippen LogP) is 2.68. The van der Waals surface area contributed by atoms with Crippen LogP contribution >= 0.6 is 11.6 Å². The number of aliphatic hydroxyl groups is 1. The number of hydrogen-bond acceptors (Lipinski definition) is 3. The van der Waals surface area contributed by atoms with Crippen LogP contribution in [0.3, 0.4) is 0 Å². The van der Waals surface area contributed by atoms with Crippen LogP contribution < -0.4 is 5.32 Å². The first-order valence-electron chi connectivity index (χ1n) is 8.56. The molecule has 0 radical (unpaired) electrons. The number of likely N-dealkylation sites (tertiary alicyclic amines) is 1. The summed E-state index contributed by atoms with van der Waals surface area (Å²) in [4.78, 5) is 13.4. The lowest BCUT2D eigenvalue weighted by atomic mass is 9.88. The number of rotatable bonds is 6. The molecule has 0 unspecified atom stereocenters. The van der Waals surface area contributed by atoms with Crippen LogP contribution in [0.1, 0.15) is 44.1 Å². The lowest BCUT2D eigenvalue weighted by Gasteiger charge is -2.33. The van der Waals surface area contributed by atoms with Gasteiger partial charge in [-0.2, -0.15) is 0 Å². The van der Waals surface area contributed by atoms with E-state index in [9.17, 15) is 9.90 Å². The van der Waals surface area contributed by atoms with E-state index in [1.54, 1.807) is 4.90 Å². The van der Waals surface area contributed by atoms with E-state index in [0.717, 1.165) is 30.8 Å². The fraction of sp³-hybridized carbons (Fsp3) is 0.611. The molecule has 2 aliphatic rings. The van der Waals surface area contributed by atoms with Gasteiger partial charge in [-0.05, 0) is 37.0 Å². The fourth-order valence-electron chi connectivity index (χ4n) is 3.86. The summed E-state index contributed by atoms with van der Waals surface area (Å²) >= 11 is 6.16. The molecule has 1 saturated heterocycles. The Bertz CT molecular complexity index is 558. The fourth-order valence-corrected chi connectivity index (χ4v) is 4.05. The molecule has 1 aliphatic carbocycles. The van der Waals surface area contributed by atoms with Crippen molar-refractivity contribution in [3.05, 3.63) is 34.9 Å². The molecule has 0 bridgehead atoms. The number of halogens is 1. The van der Waals surface area contributed by atoms with Crippen LogP contribution in [0.15, 0.2) is 24.3 Å². The number of nitrogens with zero attached hydrogens (tertiary/aromatic N) is 1. The van der Waals surface area contributed by atoms with Crippen LogP contribution in [0.4, 0.5) is 0 Å². The Kier molecular flexibility index (Phi) is 5.24. The van der Waals surface area contributed by atoms with Crippen LogP contribution in [0.5, 0.6) is 0 Å². The zero-order valence-electron chi connectivity index (χ0n) is 13.4. The quantitative estimate of drug-likeness (QED) is 0.839. The molecule has 3 rings (SSSR count). The molecule has 1 aliphatic heterocycles. The van der Waals surface area contributed by atoms with E-state index < -0.39 is 6.10 Å². The lowest BCUT2D eigenvalue weighted by Crippen LogP contribution is -2.46. The SMILES string of the molecule is O=C1CCCN1C[C@H](O)CNC1(c2cccc(Cl)c2)CCCC1. The van der Waals surface area contributed by atoms with Crippen LogP contribution in [0, 0.1) is 0 Å². The maximum atomic E-state index is 11.7. The van der Waals surface area contributed by atoms with Gasteiger partial charge in [0.15, 0.2) is 0 Å². The third-order valence-corrected chi connectivity index (χ3v) is 5.35. The van der Waals surface area contributed by atoms with Crippen LogP contribution in [-0.4, -0.2) is 41.7 Å². The number of β-amino-alcohol motifs (C(OH)–C–C–N with tert-alkyl or cyclic N) is 1. The molecule has 5 heteroatoms. The molecule has 0 aromatic heterocycles. The number of carbonyl (C=O) groups excluding carboxylic acids is 1. The van der Waals surface area contributed by atoms with E-state index >= 15 is 0 Å². The molecule has 1 heterocycles. The summed E-state index contributed by atoms with van der Waals surface area (Å²) in [5.41, 5.74) is 1.10. The number of amides is 1. The summed E-state index contributed by atoms with van der Waals surface area (Å²) in [6, 6.07) is 8.01. The molecule has 4 nitrogen and oxygen atoms in total. The topological polar surface area (TPSA) is 52.6 Å². The second-order valence-electron chi connectivity index (χ2n) is 6.78. The second kappa shape index (κ2) is 7.20. The Hall–Kier alpha value is -1.10. The van der Waals surface area contributed by atoms with Gasteiger partial charge in [0.05, 0.1) is 6.10 Å². The highest BCUT2D eigenvalue weighted by atomic mass is 35.5. The van der Waals surface area contributed by atoms with Gasteiger partial charge in [-0.15, -0.1) is 0 Å². The molecule has 0 spiro atoms. The van der Waals surface area contributed by atoms with Gasteiger partial charge in [-0.3, -0.25) is 4.79 Å². The Labute approximate surface area is 142 Å². The normalized spacial score (nSPS) is 21.8. The van der Waals surface area contributed by atoms with Crippen LogP contribution in [0.25, 0.3) is 0 Å². The van der Waals surface area contributed by atoms with E-state index in [0.29, 0.717) is 19.5 Å². The Balaban J connectivity index is 1.62. The van der Waals surface area contributed by atoms with Gasteiger partial charge in [0, 0.05) is 36.6 Å². The van der Waals surface area contributed by atoms with Crippen molar-refractivity contribution < 1.29 is 9.90 Å². The number of benzene rings is 1. The number of carbonyl (C=O) groups is 1. The predicted molar refractivity (Wildman–Crippen MR) is 91.4 cm³/mol. The maximum absolute atomic E-state index is 11.7. The van der Waals surface area contributed by atoms with E-state index in [-0.39, 0.29) is 11.4 Å². The lowest BCUT2D eigenvalue weighted by molar-refractivity contribution is -0.128. The summed E-state index contributed by atoms with van der Waals surface area (Å²) in [5.74, 6) is 0.162. The minimum absolute atomic E-state index is 0.0963. The maximum Gasteiger partial charge on any atom is 0.222 e. The first kappa shape index (κ1) is 16.7. The molecule has 2 N–H and O–H groups in total.